The Morgan fingerprint density at radius 3 is 2.81 bits per heavy atom. The quantitative estimate of drug-likeness (QED) is 0.835. The van der Waals surface area contributed by atoms with Crippen molar-refractivity contribution in [2.75, 3.05) is 5.32 Å². The summed E-state index contributed by atoms with van der Waals surface area (Å²) in [6.07, 6.45) is 1.70. The van der Waals surface area contributed by atoms with Gasteiger partial charge in [0.1, 0.15) is 5.15 Å². The Morgan fingerprint density at radius 1 is 1.38 bits per heavy atom. The minimum Gasteiger partial charge on any atom is -0.380 e. The number of hydrogen-bond donors (Lipinski definition) is 1. The fourth-order valence-corrected chi connectivity index (χ4v) is 2.61. The average molecular weight is 253 g/mol. The van der Waals surface area contributed by atoms with Gasteiger partial charge in [-0.3, -0.25) is 0 Å². The van der Waals surface area contributed by atoms with Crippen LogP contribution >= 0.6 is 22.9 Å². The Bertz CT molecular complexity index is 474. The van der Waals surface area contributed by atoms with Crippen molar-refractivity contribution in [3.05, 3.63) is 44.9 Å². The zero-order valence-corrected chi connectivity index (χ0v) is 10.8. The molecule has 0 amide bonds. The molecule has 2 rings (SSSR count). The van der Waals surface area contributed by atoms with Crippen LogP contribution in [0.25, 0.3) is 0 Å². The molecule has 2 heterocycles. The highest BCUT2D eigenvalue weighted by Crippen LogP contribution is 2.22. The van der Waals surface area contributed by atoms with Gasteiger partial charge in [0, 0.05) is 28.2 Å². The third kappa shape index (κ3) is 2.74. The molecule has 16 heavy (non-hydrogen) atoms. The first-order valence-electron chi connectivity index (χ1n) is 5.06. The van der Waals surface area contributed by atoms with E-state index < -0.39 is 0 Å². The maximum absolute atomic E-state index is 5.81. The van der Waals surface area contributed by atoms with Crippen LogP contribution in [0.4, 0.5) is 5.69 Å². The van der Waals surface area contributed by atoms with Crippen LogP contribution in [0.3, 0.4) is 0 Å². The number of thiophene rings is 1. The molecule has 0 spiro atoms. The Labute approximate surface area is 104 Å². The Balaban J connectivity index is 2.02. The van der Waals surface area contributed by atoms with Crippen LogP contribution in [0.1, 0.15) is 15.3 Å². The maximum Gasteiger partial charge on any atom is 0.131 e. The normalized spacial score (nSPS) is 10.4. The first-order chi connectivity index (χ1) is 7.65. The van der Waals surface area contributed by atoms with Gasteiger partial charge in [-0.1, -0.05) is 11.6 Å². The molecule has 0 aliphatic rings. The monoisotopic (exact) mass is 252 g/mol. The van der Waals surface area contributed by atoms with Crippen molar-refractivity contribution in [1.29, 1.82) is 0 Å². The maximum atomic E-state index is 5.81. The largest absolute Gasteiger partial charge is 0.380 e. The lowest BCUT2D eigenvalue weighted by Crippen LogP contribution is -1.97. The number of nitrogens with one attached hydrogen (secondary N) is 1. The molecule has 84 valence electrons. The summed E-state index contributed by atoms with van der Waals surface area (Å²) >= 11 is 7.63. The topological polar surface area (TPSA) is 24.9 Å². The van der Waals surface area contributed by atoms with Crippen molar-refractivity contribution in [3.8, 4) is 0 Å². The van der Waals surface area contributed by atoms with Gasteiger partial charge >= 0.3 is 0 Å². The molecule has 0 aliphatic heterocycles. The molecule has 2 aromatic heterocycles. The highest BCUT2D eigenvalue weighted by Gasteiger charge is 2.01. The van der Waals surface area contributed by atoms with Gasteiger partial charge in [0.2, 0.25) is 0 Å². The van der Waals surface area contributed by atoms with Crippen LogP contribution in [0.2, 0.25) is 5.15 Å². The molecule has 2 aromatic rings. The highest BCUT2D eigenvalue weighted by atomic mass is 35.5. The Hall–Kier alpha value is -1.06. The summed E-state index contributed by atoms with van der Waals surface area (Å²) in [5.74, 6) is 0. The third-order valence-corrected chi connectivity index (χ3v) is 3.77. The number of aromatic nitrogens is 1. The van der Waals surface area contributed by atoms with Crippen LogP contribution in [0, 0.1) is 13.8 Å². The van der Waals surface area contributed by atoms with Crippen LogP contribution < -0.4 is 5.32 Å². The Kier molecular flexibility index (Phi) is 3.46. The summed E-state index contributed by atoms with van der Waals surface area (Å²) < 4.78 is 0. The van der Waals surface area contributed by atoms with E-state index in [1.165, 1.54) is 15.3 Å². The number of aryl methyl sites for hydroxylation is 2. The third-order valence-electron chi connectivity index (χ3n) is 2.41. The summed E-state index contributed by atoms with van der Waals surface area (Å²) in [6.45, 7) is 5.12. The van der Waals surface area contributed by atoms with Gasteiger partial charge in [0.15, 0.2) is 0 Å². The molecule has 0 fully saturated rings. The van der Waals surface area contributed by atoms with Gasteiger partial charge < -0.3 is 5.32 Å². The SMILES string of the molecule is Cc1cc(CNc2ccnc(Cl)c2)sc1C. The zero-order valence-electron chi connectivity index (χ0n) is 9.25. The Morgan fingerprint density at radius 2 is 2.19 bits per heavy atom. The van der Waals surface area contributed by atoms with Crippen molar-refractivity contribution >= 4 is 28.6 Å². The van der Waals surface area contributed by atoms with Crippen molar-refractivity contribution in [3.63, 3.8) is 0 Å². The summed E-state index contributed by atoms with van der Waals surface area (Å²) in [5.41, 5.74) is 2.36. The van der Waals surface area contributed by atoms with Crippen molar-refractivity contribution in [2.45, 2.75) is 20.4 Å². The number of hydrogen-bond acceptors (Lipinski definition) is 3. The van der Waals surface area contributed by atoms with Crippen molar-refractivity contribution in [2.24, 2.45) is 0 Å². The first kappa shape index (κ1) is 11.4. The molecule has 0 aliphatic carbocycles. The lowest BCUT2D eigenvalue weighted by molar-refractivity contribution is 1.18. The van der Waals surface area contributed by atoms with E-state index in [1.54, 1.807) is 6.20 Å². The summed E-state index contributed by atoms with van der Waals surface area (Å²) in [7, 11) is 0. The van der Waals surface area contributed by atoms with Crippen molar-refractivity contribution < 1.29 is 0 Å². The molecule has 0 radical (unpaired) electrons. The van der Waals surface area contributed by atoms with Crippen molar-refractivity contribution in [1.82, 2.24) is 4.98 Å². The van der Waals surface area contributed by atoms with Gasteiger partial charge in [-0.25, -0.2) is 4.98 Å². The number of pyridine rings is 1. The smallest absolute Gasteiger partial charge is 0.131 e. The van der Waals surface area contributed by atoms with Gasteiger partial charge in [-0.15, -0.1) is 11.3 Å². The average Bonchev–Trinajstić information content (AvgIpc) is 2.56. The molecule has 0 aromatic carbocycles. The van der Waals surface area contributed by atoms with E-state index in [4.69, 9.17) is 11.6 Å². The minimum absolute atomic E-state index is 0.517. The summed E-state index contributed by atoms with van der Waals surface area (Å²) in [4.78, 5) is 6.66. The second-order valence-corrected chi connectivity index (χ2v) is 5.40. The number of rotatable bonds is 3. The minimum atomic E-state index is 0.517. The predicted molar refractivity (Wildman–Crippen MR) is 70.4 cm³/mol. The molecule has 1 N–H and O–H groups in total. The van der Waals surface area contributed by atoms with Gasteiger partial charge in [-0.05, 0) is 37.6 Å². The lowest BCUT2D eigenvalue weighted by Gasteiger charge is -2.04. The molecule has 4 heteroatoms. The standard InChI is InChI=1S/C12H13ClN2S/c1-8-5-11(16-9(8)2)7-15-10-3-4-14-12(13)6-10/h3-6H,7H2,1-2H3,(H,14,15). The van der Waals surface area contributed by atoms with Gasteiger partial charge in [0.05, 0.1) is 0 Å². The van der Waals surface area contributed by atoms with E-state index >= 15 is 0 Å². The number of halogens is 1. The summed E-state index contributed by atoms with van der Waals surface area (Å²) in [5, 5.41) is 3.85. The van der Waals surface area contributed by atoms with E-state index in [-0.39, 0.29) is 0 Å². The molecule has 0 atom stereocenters. The predicted octanol–water partition coefficient (Wildman–Crippen LogP) is 4.03. The fraction of sp³-hybridized carbons (Fsp3) is 0.250. The van der Waals surface area contributed by atoms with Crippen LogP contribution in [0.15, 0.2) is 24.4 Å². The molecule has 0 bridgehead atoms. The van der Waals surface area contributed by atoms with E-state index in [0.29, 0.717) is 5.15 Å². The molecule has 0 unspecified atom stereocenters. The highest BCUT2D eigenvalue weighted by molar-refractivity contribution is 7.12. The second-order valence-electron chi connectivity index (χ2n) is 3.67. The zero-order chi connectivity index (χ0) is 11.5. The molecule has 0 saturated carbocycles. The van der Waals surface area contributed by atoms with Gasteiger partial charge in [0.25, 0.3) is 0 Å². The number of anilines is 1. The molecular formula is C12H13ClN2S. The summed E-state index contributed by atoms with van der Waals surface area (Å²) in [6, 6.07) is 5.96. The fourth-order valence-electron chi connectivity index (χ4n) is 1.44. The molecular weight excluding hydrogens is 240 g/mol. The van der Waals surface area contributed by atoms with E-state index in [2.05, 4.69) is 30.2 Å². The van der Waals surface area contributed by atoms with Crippen LogP contribution in [-0.2, 0) is 6.54 Å². The second kappa shape index (κ2) is 4.85. The van der Waals surface area contributed by atoms with Gasteiger partial charge in [-0.2, -0.15) is 0 Å². The van der Waals surface area contributed by atoms with Crippen LogP contribution in [0.5, 0.6) is 0 Å². The van der Waals surface area contributed by atoms with E-state index in [0.717, 1.165) is 12.2 Å². The van der Waals surface area contributed by atoms with E-state index in [9.17, 15) is 0 Å². The molecule has 2 nitrogen and oxygen atoms in total. The van der Waals surface area contributed by atoms with E-state index in [1.807, 2.05) is 23.5 Å². The number of nitrogens with zero attached hydrogens (tertiary/aromatic N) is 1. The lowest BCUT2D eigenvalue weighted by atomic mass is 10.3. The molecule has 0 saturated heterocycles. The first-order valence-corrected chi connectivity index (χ1v) is 6.26. The van der Waals surface area contributed by atoms with Crippen LogP contribution in [-0.4, -0.2) is 4.98 Å².